The van der Waals surface area contributed by atoms with Crippen LogP contribution in [0, 0.1) is 5.92 Å². The minimum Gasteiger partial charge on any atom is -0.361 e. The Morgan fingerprint density at radius 1 is 1.38 bits per heavy atom. The van der Waals surface area contributed by atoms with Gasteiger partial charge in [0.15, 0.2) is 0 Å². The van der Waals surface area contributed by atoms with Crippen molar-refractivity contribution in [3.8, 4) is 0 Å². The second-order valence-electron chi connectivity index (χ2n) is 3.07. The first kappa shape index (κ1) is 10.1. The lowest BCUT2D eigenvalue weighted by molar-refractivity contribution is -0.119. The highest BCUT2D eigenvalue weighted by Crippen LogP contribution is 2.18. The van der Waals surface area contributed by atoms with Gasteiger partial charge in [0.05, 0.1) is 11.5 Å². The average molecular weight is 202 g/mol. The molecule has 0 aromatic rings. The molecule has 1 aliphatic heterocycles. The number of ketones is 1. The molecule has 6 heteroatoms. The smallest absolute Gasteiger partial charge is 0.323 e. The maximum absolute atomic E-state index is 11.1. The number of nitrogens with zero attached hydrogens (tertiary/aromatic N) is 2. The number of rotatable bonds is 2. The Morgan fingerprint density at radius 3 is 2.38 bits per heavy atom. The van der Waals surface area contributed by atoms with Crippen molar-refractivity contribution >= 4 is 21.8 Å². The fourth-order valence-corrected chi connectivity index (χ4v) is 2.83. The quantitative estimate of drug-likeness (QED) is 0.349. The van der Waals surface area contributed by atoms with Crippen molar-refractivity contribution in [3.05, 3.63) is 5.53 Å². The molecule has 0 amide bonds. The van der Waals surface area contributed by atoms with E-state index in [-0.39, 0.29) is 23.2 Å². The van der Waals surface area contributed by atoms with Gasteiger partial charge in [-0.2, -0.15) is 4.79 Å². The number of hydrogen-bond donors (Lipinski definition) is 0. The van der Waals surface area contributed by atoms with E-state index in [0.717, 1.165) is 6.21 Å². The Labute approximate surface area is 76.3 Å². The second-order valence-corrected chi connectivity index (χ2v) is 5.38. The van der Waals surface area contributed by atoms with E-state index in [1.165, 1.54) is 0 Å². The van der Waals surface area contributed by atoms with Crippen molar-refractivity contribution in [1.29, 1.82) is 0 Å². The molecule has 0 N–H and O–H groups in total. The van der Waals surface area contributed by atoms with Gasteiger partial charge in [0.25, 0.3) is 0 Å². The summed E-state index contributed by atoms with van der Waals surface area (Å²) in [5, 5.41) is 0. The maximum Gasteiger partial charge on any atom is 0.323 e. The van der Waals surface area contributed by atoms with Crippen molar-refractivity contribution in [2.24, 2.45) is 5.92 Å². The molecule has 0 radical (unpaired) electrons. The van der Waals surface area contributed by atoms with Gasteiger partial charge in [-0.1, -0.05) is 0 Å². The van der Waals surface area contributed by atoms with Crippen molar-refractivity contribution in [2.45, 2.75) is 12.8 Å². The molecule has 1 fully saturated rings. The van der Waals surface area contributed by atoms with Crippen molar-refractivity contribution in [2.75, 3.05) is 11.5 Å². The molecular weight excluding hydrogens is 192 g/mol. The molecule has 0 saturated carbocycles. The molecule has 0 atom stereocenters. The van der Waals surface area contributed by atoms with Crippen LogP contribution in [0.15, 0.2) is 0 Å². The van der Waals surface area contributed by atoms with E-state index in [9.17, 15) is 13.2 Å². The topological polar surface area (TPSA) is 87.6 Å². The highest BCUT2D eigenvalue weighted by Gasteiger charge is 2.28. The molecule has 0 aliphatic carbocycles. The van der Waals surface area contributed by atoms with Gasteiger partial charge in [0.2, 0.25) is 5.78 Å². The SMILES string of the molecule is [N-]=[N+]=CC(=O)C1CCS(=O)(=O)CC1. The first-order valence-electron chi connectivity index (χ1n) is 3.97. The molecule has 0 bridgehead atoms. The predicted molar refractivity (Wildman–Crippen MR) is 46.1 cm³/mol. The minimum atomic E-state index is -2.92. The van der Waals surface area contributed by atoms with Crippen LogP contribution in [-0.4, -0.2) is 36.7 Å². The summed E-state index contributed by atoms with van der Waals surface area (Å²) in [5.41, 5.74) is 8.10. The molecule has 0 aromatic heterocycles. The Bertz CT molecular complexity index is 340. The number of hydrogen-bond acceptors (Lipinski definition) is 3. The summed E-state index contributed by atoms with van der Waals surface area (Å²) in [6.45, 7) is 0. The molecule has 1 aliphatic rings. The van der Waals surface area contributed by atoms with Crippen LogP contribution < -0.4 is 0 Å². The van der Waals surface area contributed by atoms with E-state index in [0.29, 0.717) is 12.8 Å². The summed E-state index contributed by atoms with van der Waals surface area (Å²) in [7, 11) is -2.92. The van der Waals surface area contributed by atoms with Crippen molar-refractivity contribution in [1.82, 2.24) is 0 Å². The van der Waals surface area contributed by atoms with E-state index in [2.05, 4.69) is 4.79 Å². The van der Waals surface area contributed by atoms with E-state index < -0.39 is 9.84 Å². The molecule has 0 unspecified atom stereocenters. The number of Topliss-reactive ketones (excluding diaryl/α,β-unsaturated/α-hetero) is 1. The lowest BCUT2D eigenvalue weighted by atomic mass is 9.98. The third kappa shape index (κ3) is 2.75. The molecule has 5 nitrogen and oxygen atoms in total. The highest BCUT2D eigenvalue weighted by molar-refractivity contribution is 7.91. The van der Waals surface area contributed by atoms with Gasteiger partial charge in [-0.3, -0.25) is 4.79 Å². The Balaban J connectivity index is 2.60. The van der Waals surface area contributed by atoms with Gasteiger partial charge in [0, 0.05) is 5.92 Å². The summed E-state index contributed by atoms with van der Waals surface area (Å²) in [4.78, 5) is 13.7. The Hall–Kier alpha value is -1.00. The monoisotopic (exact) mass is 202 g/mol. The van der Waals surface area contributed by atoms with Crippen LogP contribution in [0.2, 0.25) is 0 Å². The van der Waals surface area contributed by atoms with Crippen LogP contribution in [0.4, 0.5) is 0 Å². The third-order valence-electron chi connectivity index (χ3n) is 2.14. The first-order chi connectivity index (χ1) is 6.05. The first-order valence-corrected chi connectivity index (χ1v) is 5.79. The maximum atomic E-state index is 11.1. The highest BCUT2D eigenvalue weighted by atomic mass is 32.2. The van der Waals surface area contributed by atoms with Crippen LogP contribution in [0.5, 0.6) is 0 Å². The number of sulfone groups is 1. The number of carbonyl (C=O) groups excluding carboxylic acids is 1. The van der Waals surface area contributed by atoms with Crippen LogP contribution in [0.3, 0.4) is 0 Å². The predicted octanol–water partition coefficient (Wildman–Crippen LogP) is -0.319. The zero-order chi connectivity index (χ0) is 9.90. The fraction of sp³-hybridized carbons (Fsp3) is 0.714. The summed E-state index contributed by atoms with van der Waals surface area (Å²) < 4.78 is 22.0. The molecular formula is C7H10N2O3S. The van der Waals surface area contributed by atoms with E-state index >= 15 is 0 Å². The lowest BCUT2D eigenvalue weighted by Gasteiger charge is -2.17. The van der Waals surface area contributed by atoms with Gasteiger partial charge < -0.3 is 5.53 Å². The van der Waals surface area contributed by atoms with Crippen LogP contribution in [0.1, 0.15) is 12.8 Å². The van der Waals surface area contributed by atoms with Crippen molar-refractivity contribution < 1.29 is 18.0 Å². The molecule has 0 aromatic carbocycles. The normalized spacial score (nSPS) is 21.8. The zero-order valence-corrected chi connectivity index (χ0v) is 7.83. The summed E-state index contributed by atoms with van der Waals surface area (Å²) in [5.74, 6) is -0.470. The molecule has 13 heavy (non-hydrogen) atoms. The zero-order valence-electron chi connectivity index (χ0n) is 7.01. The summed E-state index contributed by atoms with van der Waals surface area (Å²) in [6.07, 6.45) is 1.52. The Morgan fingerprint density at radius 2 is 1.92 bits per heavy atom. The molecule has 1 saturated heterocycles. The van der Waals surface area contributed by atoms with Crippen molar-refractivity contribution in [3.63, 3.8) is 0 Å². The lowest BCUT2D eigenvalue weighted by Crippen LogP contribution is -2.28. The summed E-state index contributed by atoms with van der Waals surface area (Å²) in [6, 6.07) is 0. The molecule has 1 heterocycles. The third-order valence-corrected chi connectivity index (χ3v) is 3.86. The van der Waals surface area contributed by atoms with E-state index in [4.69, 9.17) is 5.53 Å². The molecule has 72 valence electrons. The van der Waals surface area contributed by atoms with Gasteiger partial charge in [-0.05, 0) is 12.8 Å². The van der Waals surface area contributed by atoms with Gasteiger partial charge in [-0.15, -0.1) is 0 Å². The fourth-order valence-electron chi connectivity index (χ4n) is 1.34. The van der Waals surface area contributed by atoms with Gasteiger partial charge in [0.1, 0.15) is 9.84 Å². The summed E-state index contributed by atoms with van der Waals surface area (Å²) >= 11 is 0. The standard InChI is InChI=1S/C7H10N2O3S/c8-9-5-7(10)6-1-3-13(11,12)4-2-6/h5-6H,1-4H2. The van der Waals surface area contributed by atoms with E-state index in [1.807, 2.05) is 0 Å². The van der Waals surface area contributed by atoms with Crippen LogP contribution >= 0.6 is 0 Å². The number of carbonyl (C=O) groups is 1. The van der Waals surface area contributed by atoms with E-state index in [1.54, 1.807) is 0 Å². The largest absolute Gasteiger partial charge is 0.361 e. The molecule has 0 spiro atoms. The Kier molecular flexibility index (Phi) is 2.95. The average Bonchev–Trinajstić information content (AvgIpc) is 2.04. The van der Waals surface area contributed by atoms with Gasteiger partial charge in [-0.25, -0.2) is 8.42 Å². The minimum absolute atomic E-state index is 0.0582. The van der Waals surface area contributed by atoms with Crippen LogP contribution in [-0.2, 0) is 14.6 Å². The second kappa shape index (κ2) is 3.81. The van der Waals surface area contributed by atoms with Crippen LogP contribution in [0.25, 0.3) is 5.53 Å². The molecule has 1 rings (SSSR count). The van der Waals surface area contributed by atoms with Gasteiger partial charge >= 0.3 is 6.21 Å².